The van der Waals surface area contributed by atoms with E-state index in [2.05, 4.69) is 29.1 Å². The molecule has 4 heteroatoms. The van der Waals surface area contributed by atoms with Crippen LogP contribution in [0.15, 0.2) is 41.9 Å². The van der Waals surface area contributed by atoms with E-state index in [-0.39, 0.29) is 6.04 Å². The molecule has 1 atom stereocenters. The Bertz CT molecular complexity index is 221. The summed E-state index contributed by atoms with van der Waals surface area (Å²) < 4.78 is 0. The minimum atomic E-state index is -0.0000321. The molecule has 4 nitrogen and oxygen atoms in total. The van der Waals surface area contributed by atoms with Crippen LogP contribution in [0.1, 0.15) is 6.92 Å². The van der Waals surface area contributed by atoms with Crippen LogP contribution in [0.5, 0.6) is 0 Å². The van der Waals surface area contributed by atoms with Gasteiger partial charge in [-0.25, -0.2) is 10.4 Å². The summed E-state index contributed by atoms with van der Waals surface area (Å²) in [7, 11) is 0. The highest BCUT2D eigenvalue weighted by Gasteiger charge is 1.94. The Labute approximate surface area is 78.3 Å². The highest BCUT2D eigenvalue weighted by atomic mass is 16.2. The van der Waals surface area contributed by atoms with Gasteiger partial charge in [-0.1, -0.05) is 12.7 Å². The summed E-state index contributed by atoms with van der Waals surface area (Å²) in [6, 6.07) is -0.0000321. The topological polar surface area (TPSA) is 56.7 Å². The van der Waals surface area contributed by atoms with Crippen molar-refractivity contribution in [2.24, 2.45) is 4.99 Å². The van der Waals surface area contributed by atoms with Crippen molar-refractivity contribution in [3.8, 4) is 0 Å². The summed E-state index contributed by atoms with van der Waals surface area (Å²) in [6.07, 6.45) is 5.85. The van der Waals surface area contributed by atoms with E-state index in [0.29, 0.717) is 5.82 Å². The van der Waals surface area contributed by atoms with Gasteiger partial charge in [-0.2, -0.15) is 0 Å². The van der Waals surface area contributed by atoms with Crippen LogP contribution >= 0.6 is 0 Å². The molecular formula is C9H15N3O. The van der Waals surface area contributed by atoms with Crippen LogP contribution in [-0.4, -0.2) is 17.9 Å². The first-order valence-corrected chi connectivity index (χ1v) is 3.86. The fourth-order valence-electron chi connectivity index (χ4n) is 0.611. The lowest BCUT2D eigenvalue weighted by Gasteiger charge is -2.11. The first kappa shape index (κ1) is 11.4. The molecule has 3 N–H and O–H groups in total. The van der Waals surface area contributed by atoms with E-state index in [0.717, 1.165) is 6.26 Å². The Kier molecular flexibility index (Phi) is 6.27. The van der Waals surface area contributed by atoms with Gasteiger partial charge < -0.3 is 10.5 Å². The monoisotopic (exact) mass is 181 g/mol. The molecule has 0 aliphatic carbocycles. The third-order valence-corrected chi connectivity index (χ3v) is 1.25. The van der Waals surface area contributed by atoms with E-state index in [1.807, 2.05) is 6.92 Å². The Hall–Kier alpha value is -1.55. The fraction of sp³-hybridized carbons (Fsp3) is 0.222. The zero-order chi connectivity index (χ0) is 10.1. The third-order valence-electron chi connectivity index (χ3n) is 1.25. The molecule has 0 saturated heterocycles. The number of aliphatic imine (C=N–C) groups is 1. The van der Waals surface area contributed by atoms with Crippen molar-refractivity contribution in [3.05, 3.63) is 36.9 Å². The molecule has 0 aliphatic heterocycles. The molecular weight excluding hydrogens is 166 g/mol. The van der Waals surface area contributed by atoms with Crippen molar-refractivity contribution in [1.82, 2.24) is 10.9 Å². The van der Waals surface area contributed by atoms with Crippen LogP contribution in [0.4, 0.5) is 0 Å². The molecule has 0 heterocycles. The molecule has 0 fully saturated rings. The standard InChI is InChI=1S/C9H15N3O/c1-4-5-9(10-3)12-11-8(2)6-7-13/h4-8,11-13H,1,3H2,2H3/b7-6+,9-5+. The van der Waals surface area contributed by atoms with Gasteiger partial charge in [0.25, 0.3) is 0 Å². The normalized spacial score (nSPS) is 14.1. The summed E-state index contributed by atoms with van der Waals surface area (Å²) in [4.78, 5) is 3.69. The number of aliphatic hydroxyl groups is 1. The summed E-state index contributed by atoms with van der Waals surface area (Å²) in [6.45, 7) is 8.76. The zero-order valence-electron chi connectivity index (χ0n) is 7.70. The molecule has 0 radical (unpaired) electrons. The molecule has 0 aromatic heterocycles. The second-order valence-electron chi connectivity index (χ2n) is 2.35. The highest BCUT2D eigenvalue weighted by Crippen LogP contribution is 1.89. The lowest BCUT2D eigenvalue weighted by atomic mass is 10.3. The van der Waals surface area contributed by atoms with E-state index < -0.39 is 0 Å². The Morgan fingerprint density at radius 3 is 2.77 bits per heavy atom. The van der Waals surface area contributed by atoms with Gasteiger partial charge in [0.1, 0.15) is 5.82 Å². The van der Waals surface area contributed by atoms with Crippen molar-refractivity contribution < 1.29 is 5.11 Å². The van der Waals surface area contributed by atoms with Crippen LogP contribution in [-0.2, 0) is 0 Å². The SMILES string of the molecule is C=C/C=C(\N=C)NNC(C)/C=C/O. The zero-order valence-corrected chi connectivity index (χ0v) is 7.70. The minimum absolute atomic E-state index is 0.0000321. The molecule has 0 aliphatic rings. The first-order chi connectivity index (χ1) is 6.24. The number of hydrogen-bond donors (Lipinski definition) is 3. The van der Waals surface area contributed by atoms with Crippen LogP contribution in [0.2, 0.25) is 0 Å². The Balaban J connectivity index is 3.91. The lowest BCUT2D eigenvalue weighted by molar-refractivity contribution is 0.460. The van der Waals surface area contributed by atoms with Gasteiger partial charge in [-0.3, -0.25) is 0 Å². The molecule has 0 aromatic rings. The third kappa shape index (κ3) is 5.69. The molecule has 0 rings (SSSR count). The summed E-state index contributed by atoms with van der Waals surface area (Å²) in [5, 5.41) is 8.45. The average Bonchev–Trinajstić information content (AvgIpc) is 2.12. The maximum Gasteiger partial charge on any atom is 0.139 e. The molecule has 0 saturated carbocycles. The summed E-state index contributed by atoms with van der Waals surface area (Å²) in [5.41, 5.74) is 5.68. The molecule has 1 unspecified atom stereocenters. The van der Waals surface area contributed by atoms with Gasteiger partial charge >= 0.3 is 0 Å². The highest BCUT2D eigenvalue weighted by molar-refractivity contribution is 5.29. The predicted octanol–water partition coefficient (Wildman–Crippen LogP) is 1.27. The van der Waals surface area contributed by atoms with Gasteiger partial charge in [0.05, 0.1) is 6.26 Å². The number of nitrogens with one attached hydrogen (secondary N) is 2. The molecule has 0 spiro atoms. The van der Waals surface area contributed by atoms with E-state index >= 15 is 0 Å². The number of allylic oxidation sites excluding steroid dienone is 2. The van der Waals surface area contributed by atoms with E-state index in [1.165, 1.54) is 0 Å². The molecule has 0 amide bonds. The predicted molar refractivity (Wildman–Crippen MR) is 55.3 cm³/mol. The quantitative estimate of drug-likeness (QED) is 0.250. The molecule has 72 valence electrons. The lowest BCUT2D eigenvalue weighted by Crippen LogP contribution is -2.36. The second kappa shape index (κ2) is 7.12. The van der Waals surface area contributed by atoms with Crippen molar-refractivity contribution >= 4 is 6.72 Å². The molecule has 0 aromatic carbocycles. The van der Waals surface area contributed by atoms with Crippen molar-refractivity contribution in [3.63, 3.8) is 0 Å². The Morgan fingerprint density at radius 2 is 2.31 bits per heavy atom. The number of nitrogens with zero attached hydrogens (tertiary/aromatic N) is 1. The minimum Gasteiger partial charge on any atom is -0.516 e. The first-order valence-electron chi connectivity index (χ1n) is 3.86. The van der Waals surface area contributed by atoms with Crippen molar-refractivity contribution in [2.75, 3.05) is 0 Å². The van der Waals surface area contributed by atoms with Crippen LogP contribution < -0.4 is 10.9 Å². The maximum absolute atomic E-state index is 8.45. The maximum atomic E-state index is 8.45. The smallest absolute Gasteiger partial charge is 0.139 e. The van der Waals surface area contributed by atoms with Crippen molar-refractivity contribution in [2.45, 2.75) is 13.0 Å². The number of hydrogen-bond acceptors (Lipinski definition) is 4. The number of hydrazine groups is 1. The average molecular weight is 181 g/mol. The fourth-order valence-corrected chi connectivity index (χ4v) is 0.611. The van der Waals surface area contributed by atoms with Gasteiger partial charge in [-0.15, -0.1) is 0 Å². The van der Waals surface area contributed by atoms with Crippen LogP contribution in [0.3, 0.4) is 0 Å². The van der Waals surface area contributed by atoms with E-state index in [1.54, 1.807) is 18.2 Å². The Morgan fingerprint density at radius 1 is 1.62 bits per heavy atom. The van der Waals surface area contributed by atoms with Gasteiger partial charge in [0.2, 0.25) is 0 Å². The molecule has 13 heavy (non-hydrogen) atoms. The summed E-state index contributed by atoms with van der Waals surface area (Å²) in [5.74, 6) is 0.577. The number of aliphatic hydroxyl groups excluding tert-OH is 1. The van der Waals surface area contributed by atoms with Crippen LogP contribution in [0.25, 0.3) is 0 Å². The van der Waals surface area contributed by atoms with E-state index in [4.69, 9.17) is 5.11 Å². The molecule has 0 bridgehead atoms. The second-order valence-corrected chi connectivity index (χ2v) is 2.35. The van der Waals surface area contributed by atoms with E-state index in [9.17, 15) is 0 Å². The van der Waals surface area contributed by atoms with Gasteiger partial charge in [0, 0.05) is 6.04 Å². The van der Waals surface area contributed by atoms with Crippen molar-refractivity contribution in [1.29, 1.82) is 0 Å². The largest absolute Gasteiger partial charge is 0.516 e. The van der Waals surface area contributed by atoms with Gasteiger partial charge in [-0.05, 0) is 25.8 Å². The van der Waals surface area contributed by atoms with Crippen LogP contribution in [0, 0.1) is 0 Å². The summed E-state index contributed by atoms with van der Waals surface area (Å²) >= 11 is 0. The van der Waals surface area contributed by atoms with Gasteiger partial charge in [0.15, 0.2) is 0 Å². The number of rotatable bonds is 6.